The Kier molecular flexibility index (Phi) is 2.92. The summed E-state index contributed by atoms with van der Waals surface area (Å²) >= 11 is 0. The molecule has 0 amide bonds. The molecule has 0 atom stereocenters. The van der Waals surface area contributed by atoms with Gasteiger partial charge in [0, 0.05) is 13.6 Å². The molecular weight excluding hydrogens is 182 g/mol. The minimum absolute atomic E-state index is 0.0795. The predicted octanol–water partition coefficient (Wildman–Crippen LogP) is -0.816. The number of hydrazine groups is 1. The van der Waals surface area contributed by atoms with Gasteiger partial charge in [-0.15, -0.1) is 0 Å². The summed E-state index contributed by atoms with van der Waals surface area (Å²) in [6, 6.07) is 0. The van der Waals surface area contributed by atoms with Crippen LogP contribution in [0.1, 0.15) is 6.92 Å². The molecule has 7 N–H and O–H groups in total. The van der Waals surface area contributed by atoms with Gasteiger partial charge in [0.15, 0.2) is 11.6 Å². The van der Waals surface area contributed by atoms with Gasteiger partial charge >= 0.3 is 0 Å². The maximum atomic E-state index is 5.68. The lowest BCUT2D eigenvalue weighted by Crippen LogP contribution is -2.36. The van der Waals surface area contributed by atoms with Crippen LogP contribution in [0.5, 0.6) is 0 Å². The number of nitrogen functional groups attached to an aromatic ring is 3. The summed E-state index contributed by atoms with van der Waals surface area (Å²) in [6.07, 6.45) is 0. The second kappa shape index (κ2) is 3.97. The fraction of sp³-hybridized carbons (Fsp3) is 0.429. The Bertz CT molecular complexity index is 297. The van der Waals surface area contributed by atoms with Gasteiger partial charge in [-0.3, -0.25) is 0 Å². The zero-order chi connectivity index (χ0) is 10.7. The molecule has 1 rings (SSSR count). The van der Waals surface area contributed by atoms with E-state index in [9.17, 15) is 0 Å². The monoisotopic (exact) mass is 197 g/mol. The Morgan fingerprint density at radius 1 is 1.21 bits per heavy atom. The molecule has 0 bridgehead atoms. The lowest BCUT2D eigenvalue weighted by Gasteiger charge is -2.23. The van der Waals surface area contributed by atoms with Crippen molar-refractivity contribution in [2.45, 2.75) is 6.92 Å². The summed E-state index contributed by atoms with van der Waals surface area (Å²) in [6.45, 7) is 2.64. The molecule has 0 saturated carbocycles. The van der Waals surface area contributed by atoms with E-state index in [1.807, 2.05) is 6.92 Å². The molecule has 0 unspecified atom stereocenters. The molecule has 0 spiro atoms. The van der Waals surface area contributed by atoms with Crippen LogP contribution in [0.15, 0.2) is 0 Å². The van der Waals surface area contributed by atoms with E-state index in [0.29, 0.717) is 12.2 Å². The second-order valence-electron chi connectivity index (χ2n) is 2.67. The third-order valence-corrected chi connectivity index (χ3v) is 1.81. The van der Waals surface area contributed by atoms with E-state index < -0.39 is 0 Å². The zero-order valence-electron chi connectivity index (χ0n) is 8.28. The lowest BCUT2D eigenvalue weighted by atomic mass is 10.4. The highest BCUT2D eigenvalue weighted by Gasteiger charge is 2.13. The molecular formula is C7H15N7. The van der Waals surface area contributed by atoms with Gasteiger partial charge < -0.3 is 22.2 Å². The van der Waals surface area contributed by atoms with Crippen molar-refractivity contribution < 1.29 is 0 Å². The summed E-state index contributed by atoms with van der Waals surface area (Å²) in [4.78, 5) is 7.67. The molecule has 0 fully saturated rings. The normalized spacial score (nSPS) is 10.1. The number of anilines is 4. The van der Waals surface area contributed by atoms with Crippen molar-refractivity contribution in [1.82, 2.24) is 15.4 Å². The average Bonchev–Trinajstić information content (AvgIpc) is 2.10. The minimum Gasteiger partial charge on any atom is -0.382 e. The molecule has 0 aliphatic carbocycles. The Hall–Kier alpha value is -1.76. The highest BCUT2D eigenvalue weighted by Crippen LogP contribution is 2.26. The highest BCUT2D eigenvalue weighted by atomic mass is 15.5. The summed E-state index contributed by atoms with van der Waals surface area (Å²) in [7, 11) is 1.76. The number of nitrogens with one attached hydrogen (secondary N) is 1. The second-order valence-corrected chi connectivity index (χ2v) is 2.67. The number of aromatic nitrogens is 2. The summed E-state index contributed by atoms with van der Waals surface area (Å²) in [5, 5.41) is 1.74. The van der Waals surface area contributed by atoms with E-state index in [1.54, 1.807) is 12.1 Å². The number of hydrogen-bond donors (Lipinski definition) is 4. The zero-order valence-corrected chi connectivity index (χ0v) is 8.28. The van der Waals surface area contributed by atoms with Crippen LogP contribution in [0.4, 0.5) is 23.3 Å². The van der Waals surface area contributed by atoms with Crippen LogP contribution in [0.3, 0.4) is 0 Å². The first-order valence-corrected chi connectivity index (χ1v) is 4.23. The smallest absolute Gasteiger partial charge is 0.224 e. The van der Waals surface area contributed by atoms with Crippen molar-refractivity contribution in [2.24, 2.45) is 0 Å². The third kappa shape index (κ3) is 1.77. The van der Waals surface area contributed by atoms with Crippen LogP contribution in [0.2, 0.25) is 0 Å². The van der Waals surface area contributed by atoms with Crippen LogP contribution in [0, 0.1) is 0 Å². The number of rotatable bonds is 3. The topological polar surface area (TPSA) is 119 Å². The third-order valence-electron chi connectivity index (χ3n) is 1.81. The molecule has 78 valence electrons. The first kappa shape index (κ1) is 10.3. The van der Waals surface area contributed by atoms with E-state index in [4.69, 9.17) is 17.2 Å². The van der Waals surface area contributed by atoms with Gasteiger partial charge in [0.1, 0.15) is 5.69 Å². The van der Waals surface area contributed by atoms with Crippen molar-refractivity contribution in [3.8, 4) is 0 Å². The van der Waals surface area contributed by atoms with Crippen LogP contribution >= 0.6 is 0 Å². The molecule has 7 heteroatoms. The van der Waals surface area contributed by atoms with E-state index in [2.05, 4.69) is 15.4 Å². The Labute approximate surface area is 82.3 Å². The van der Waals surface area contributed by atoms with E-state index in [0.717, 1.165) is 0 Å². The van der Waals surface area contributed by atoms with E-state index >= 15 is 0 Å². The van der Waals surface area contributed by atoms with Crippen LogP contribution in [-0.2, 0) is 0 Å². The van der Waals surface area contributed by atoms with Gasteiger partial charge in [0.2, 0.25) is 5.95 Å². The molecule has 1 aromatic heterocycles. The fourth-order valence-corrected chi connectivity index (χ4v) is 1.21. The van der Waals surface area contributed by atoms with Gasteiger partial charge in [-0.25, -0.2) is 5.43 Å². The summed E-state index contributed by atoms with van der Waals surface area (Å²) < 4.78 is 0. The maximum absolute atomic E-state index is 5.68. The van der Waals surface area contributed by atoms with Crippen LogP contribution < -0.4 is 27.6 Å². The molecule has 0 aromatic carbocycles. The van der Waals surface area contributed by atoms with E-state index in [-0.39, 0.29) is 17.6 Å². The number of nitrogens with two attached hydrogens (primary N) is 3. The van der Waals surface area contributed by atoms with E-state index in [1.165, 1.54) is 0 Å². The molecule has 0 radical (unpaired) electrons. The minimum atomic E-state index is 0.0795. The Balaban J connectivity index is 3.19. The highest BCUT2D eigenvalue weighted by molar-refractivity contribution is 5.75. The van der Waals surface area contributed by atoms with Gasteiger partial charge in [-0.05, 0) is 6.92 Å². The standard InChI is InChI=1S/C7H15N7/c1-3-14(11-2)4-5(8)12-7(10)13-6(4)9/h11H,3H2,1-2H3,(H6,8,9,10,12,13). The number of nitrogens with zero attached hydrogens (tertiary/aromatic N) is 3. The molecule has 14 heavy (non-hydrogen) atoms. The van der Waals surface area contributed by atoms with Crippen molar-refractivity contribution >= 4 is 23.3 Å². The number of hydrogen-bond acceptors (Lipinski definition) is 7. The molecule has 0 aliphatic heterocycles. The van der Waals surface area contributed by atoms with Gasteiger partial charge in [-0.2, -0.15) is 9.97 Å². The van der Waals surface area contributed by atoms with Crippen LogP contribution in [-0.4, -0.2) is 23.6 Å². The molecule has 0 aliphatic rings. The Morgan fingerprint density at radius 3 is 2.07 bits per heavy atom. The summed E-state index contributed by atoms with van der Waals surface area (Å²) in [5.41, 5.74) is 20.2. The molecule has 1 aromatic rings. The van der Waals surface area contributed by atoms with Crippen molar-refractivity contribution in [1.29, 1.82) is 0 Å². The van der Waals surface area contributed by atoms with Crippen LogP contribution in [0.25, 0.3) is 0 Å². The first-order valence-electron chi connectivity index (χ1n) is 4.23. The largest absolute Gasteiger partial charge is 0.382 e. The average molecular weight is 197 g/mol. The molecule has 0 saturated heterocycles. The Morgan fingerprint density at radius 2 is 1.71 bits per heavy atom. The molecule has 1 heterocycles. The lowest BCUT2D eigenvalue weighted by molar-refractivity contribution is 0.726. The van der Waals surface area contributed by atoms with Crippen molar-refractivity contribution in [3.05, 3.63) is 0 Å². The first-order chi connectivity index (χ1) is 6.60. The maximum Gasteiger partial charge on any atom is 0.224 e. The predicted molar refractivity (Wildman–Crippen MR) is 57.3 cm³/mol. The van der Waals surface area contributed by atoms with Crippen molar-refractivity contribution in [3.63, 3.8) is 0 Å². The summed E-state index contributed by atoms with van der Waals surface area (Å²) in [5.74, 6) is 0.619. The van der Waals surface area contributed by atoms with Gasteiger partial charge in [-0.1, -0.05) is 0 Å². The quantitative estimate of drug-likeness (QED) is 0.467. The van der Waals surface area contributed by atoms with Gasteiger partial charge in [0.25, 0.3) is 0 Å². The van der Waals surface area contributed by atoms with Crippen molar-refractivity contribution in [2.75, 3.05) is 35.8 Å². The fourth-order valence-electron chi connectivity index (χ4n) is 1.21. The SMILES string of the molecule is CCN(NC)c1c(N)nc(N)nc1N. The van der Waals surface area contributed by atoms with Gasteiger partial charge in [0.05, 0.1) is 0 Å². The molecule has 7 nitrogen and oxygen atoms in total.